The van der Waals surface area contributed by atoms with Crippen LogP contribution in [-0.4, -0.2) is 31.6 Å². The summed E-state index contributed by atoms with van der Waals surface area (Å²) in [6.45, 7) is 5.45. The smallest absolute Gasteiger partial charge is 0.122 e. The van der Waals surface area contributed by atoms with Gasteiger partial charge in [0.2, 0.25) is 0 Å². The molecule has 1 rings (SSSR count). The summed E-state index contributed by atoms with van der Waals surface area (Å²) in [6.07, 6.45) is 6.75. The zero-order valence-corrected chi connectivity index (χ0v) is 12.3. The van der Waals surface area contributed by atoms with E-state index >= 15 is 0 Å². The van der Waals surface area contributed by atoms with Crippen molar-refractivity contribution in [1.82, 2.24) is 10.2 Å². The minimum absolute atomic E-state index is 0.316. The Balaban J connectivity index is 2.51. The lowest BCUT2D eigenvalue weighted by atomic mass is 10.1. The number of nitrogens with zero attached hydrogens (tertiary/aromatic N) is 1. The van der Waals surface area contributed by atoms with E-state index in [4.69, 9.17) is 4.42 Å². The zero-order chi connectivity index (χ0) is 13.4. The fourth-order valence-electron chi connectivity index (χ4n) is 2.34. The third-order valence-electron chi connectivity index (χ3n) is 3.37. The molecule has 3 heteroatoms. The topological polar surface area (TPSA) is 28.4 Å². The van der Waals surface area contributed by atoms with E-state index in [0.717, 1.165) is 12.3 Å². The Bertz CT molecular complexity index is 289. The maximum atomic E-state index is 5.53. The third kappa shape index (κ3) is 4.83. The molecule has 0 aliphatic heterocycles. The van der Waals surface area contributed by atoms with Crippen LogP contribution in [0.25, 0.3) is 0 Å². The van der Waals surface area contributed by atoms with Crippen LogP contribution in [-0.2, 0) is 0 Å². The van der Waals surface area contributed by atoms with E-state index in [1.165, 1.54) is 25.7 Å². The highest BCUT2D eigenvalue weighted by atomic mass is 16.3. The lowest BCUT2D eigenvalue weighted by Crippen LogP contribution is -2.37. The van der Waals surface area contributed by atoms with Crippen LogP contribution >= 0.6 is 0 Å². The summed E-state index contributed by atoms with van der Waals surface area (Å²) in [4.78, 5) is 2.21. The Kier molecular flexibility index (Phi) is 7.06. The van der Waals surface area contributed by atoms with Crippen LogP contribution in [0.4, 0.5) is 0 Å². The average molecular weight is 252 g/mol. The van der Waals surface area contributed by atoms with Crippen LogP contribution in [0.3, 0.4) is 0 Å². The second kappa shape index (κ2) is 8.33. The molecular formula is C15H28N2O. The van der Waals surface area contributed by atoms with Crippen molar-refractivity contribution < 1.29 is 4.42 Å². The van der Waals surface area contributed by atoms with Crippen LogP contribution in [0.5, 0.6) is 0 Å². The van der Waals surface area contributed by atoms with Gasteiger partial charge in [0, 0.05) is 12.6 Å². The highest BCUT2D eigenvalue weighted by Gasteiger charge is 2.18. The normalized spacial score (nSPS) is 13.4. The summed E-state index contributed by atoms with van der Waals surface area (Å²) < 4.78 is 5.53. The van der Waals surface area contributed by atoms with Gasteiger partial charge in [-0.05, 0) is 39.1 Å². The number of likely N-dealkylation sites (N-methyl/N-ethyl adjacent to an activating group) is 1. The van der Waals surface area contributed by atoms with Crippen molar-refractivity contribution in [3.05, 3.63) is 24.2 Å². The molecule has 0 amide bonds. The van der Waals surface area contributed by atoms with Crippen molar-refractivity contribution >= 4 is 0 Å². The molecule has 3 nitrogen and oxygen atoms in total. The van der Waals surface area contributed by atoms with E-state index in [0.29, 0.717) is 12.1 Å². The van der Waals surface area contributed by atoms with Gasteiger partial charge >= 0.3 is 0 Å². The van der Waals surface area contributed by atoms with Crippen molar-refractivity contribution in [1.29, 1.82) is 0 Å². The number of hydrogen-bond acceptors (Lipinski definition) is 3. The van der Waals surface area contributed by atoms with E-state index in [2.05, 4.69) is 44.2 Å². The Morgan fingerprint density at radius 1 is 1.22 bits per heavy atom. The van der Waals surface area contributed by atoms with Gasteiger partial charge < -0.3 is 9.73 Å². The van der Waals surface area contributed by atoms with Crippen molar-refractivity contribution in [2.45, 2.75) is 51.6 Å². The third-order valence-corrected chi connectivity index (χ3v) is 3.37. The summed E-state index contributed by atoms with van der Waals surface area (Å²) >= 11 is 0. The number of rotatable bonds is 9. The Labute approximate surface area is 112 Å². The number of furan rings is 1. The second-order valence-corrected chi connectivity index (χ2v) is 5.18. The molecule has 1 atom stereocenters. The molecule has 1 aromatic heterocycles. The van der Waals surface area contributed by atoms with Crippen LogP contribution < -0.4 is 5.32 Å². The molecule has 0 radical (unpaired) electrons. The highest BCUT2D eigenvalue weighted by Crippen LogP contribution is 2.18. The quantitative estimate of drug-likeness (QED) is 0.730. The van der Waals surface area contributed by atoms with Crippen LogP contribution in [0, 0.1) is 0 Å². The largest absolute Gasteiger partial charge is 0.468 e. The molecule has 1 aromatic rings. The lowest BCUT2D eigenvalue weighted by molar-refractivity contribution is 0.240. The maximum absolute atomic E-state index is 5.53. The van der Waals surface area contributed by atoms with Gasteiger partial charge in [0.05, 0.1) is 12.3 Å². The molecule has 1 N–H and O–H groups in total. The van der Waals surface area contributed by atoms with E-state index in [1.54, 1.807) is 6.26 Å². The molecule has 0 bridgehead atoms. The first kappa shape index (κ1) is 15.3. The van der Waals surface area contributed by atoms with Gasteiger partial charge in [-0.1, -0.05) is 26.7 Å². The molecule has 0 saturated carbocycles. The zero-order valence-electron chi connectivity index (χ0n) is 12.3. The Morgan fingerprint density at radius 3 is 2.33 bits per heavy atom. The molecule has 0 saturated heterocycles. The van der Waals surface area contributed by atoms with E-state index in [9.17, 15) is 0 Å². The van der Waals surface area contributed by atoms with Crippen molar-refractivity contribution in [2.24, 2.45) is 0 Å². The van der Waals surface area contributed by atoms with Gasteiger partial charge in [0.1, 0.15) is 5.76 Å². The van der Waals surface area contributed by atoms with E-state index in [-0.39, 0.29) is 0 Å². The fraction of sp³-hybridized carbons (Fsp3) is 0.733. The SMILES string of the molecule is CCCC(CCC)NCC(c1ccco1)N(C)C. The van der Waals surface area contributed by atoms with Gasteiger partial charge in [0.25, 0.3) is 0 Å². The van der Waals surface area contributed by atoms with Gasteiger partial charge in [-0.25, -0.2) is 0 Å². The summed E-state index contributed by atoms with van der Waals surface area (Å²) in [5.74, 6) is 1.04. The van der Waals surface area contributed by atoms with Crippen molar-refractivity contribution in [2.75, 3.05) is 20.6 Å². The van der Waals surface area contributed by atoms with E-state index in [1.807, 2.05) is 6.07 Å². The van der Waals surface area contributed by atoms with Gasteiger partial charge in [-0.2, -0.15) is 0 Å². The minimum atomic E-state index is 0.316. The van der Waals surface area contributed by atoms with Crippen LogP contribution in [0.1, 0.15) is 51.3 Å². The van der Waals surface area contributed by atoms with Gasteiger partial charge in [-0.15, -0.1) is 0 Å². The molecule has 0 aromatic carbocycles. The summed E-state index contributed by atoms with van der Waals surface area (Å²) in [7, 11) is 4.20. The van der Waals surface area contributed by atoms with Gasteiger partial charge in [-0.3, -0.25) is 4.90 Å². The van der Waals surface area contributed by atoms with E-state index < -0.39 is 0 Å². The Hall–Kier alpha value is -0.800. The first-order valence-corrected chi connectivity index (χ1v) is 7.12. The first-order chi connectivity index (χ1) is 8.69. The molecule has 1 unspecified atom stereocenters. The monoisotopic (exact) mass is 252 g/mol. The molecule has 104 valence electrons. The highest BCUT2D eigenvalue weighted by molar-refractivity contribution is 5.05. The average Bonchev–Trinajstić information content (AvgIpc) is 2.83. The lowest BCUT2D eigenvalue weighted by Gasteiger charge is -2.26. The number of nitrogens with one attached hydrogen (secondary N) is 1. The minimum Gasteiger partial charge on any atom is -0.468 e. The maximum Gasteiger partial charge on any atom is 0.122 e. The standard InChI is InChI=1S/C15H28N2O/c1-5-8-13(9-6-2)16-12-14(17(3)4)15-10-7-11-18-15/h7,10-11,13-14,16H,5-6,8-9,12H2,1-4H3. The molecular weight excluding hydrogens is 224 g/mol. The summed E-state index contributed by atoms with van der Waals surface area (Å²) in [5, 5.41) is 3.69. The molecule has 0 aliphatic carbocycles. The predicted molar refractivity (Wildman–Crippen MR) is 76.7 cm³/mol. The van der Waals surface area contributed by atoms with Crippen LogP contribution in [0.2, 0.25) is 0 Å². The predicted octanol–water partition coefficient (Wildman–Crippen LogP) is 3.44. The first-order valence-electron chi connectivity index (χ1n) is 7.12. The fourth-order valence-corrected chi connectivity index (χ4v) is 2.34. The van der Waals surface area contributed by atoms with Gasteiger partial charge in [0.15, 0.2) is 0 Å². The second-order valence-electron chi connectivity index (χ2n) is 5.18. The van der Waals surface area contributed by atoms with Crippen LogP contribution in [0.15, 0.2) is 22.8 Å². The molecule has 0 fully saturated rings. The Morgan fingerprint density at radius 2 is 1.89 bits per heavy atom. The summed E-state index contributed by atoms with van der Waals surface area (Å²) in [5.41, 5.74) is 0. The molecule has 0 aliphatic rings. The molecule has 1 heterocycles. The van der Waals surface area contributed by atoms with Crippen molar-refractivity contribution in [3.63, 3.8) is 0 Å². The summed E-state index contributed by atoms with van der Waals surface area (Å²) in [6, 6.07) is 4.97. The molecule has 0 spiro atoms. The van der Waals surface area contributed by atoms with Crippen molar-refractivity contribution in [3.8, 4) is 0 Å². The molecule has 18 heavy (non-hydrogen) atoms. The number of hydrogen-bond donors (Lipinski definition) is 1.